The number of nitrogens with zero attached hydrogens (tertiary/aromatic N) is 4. The molecule has 188 valence electrons. The second kappa shape index (κ2) is 11.6. The Morgan fingerprint density at radius 2 is 1.11 bits per heavy atom. The number of anilines is 4. The second-order valence-electron chi connectivity index (χ2n) is 8.71. The fourth-order valence-electron chi connectivity index (χ4n) is 4.19. The molecule has 0 bridgehead atoms. The normalized spacial score (nSPS) is 18.0. The Balaban J connectivity index is 1.32. The molecule has 4 unspecified atom stereocenters. The zero-order valence-electron chi connectivity index (χ0n) is 20.4. The highest BCUT2D eigenvalue weighted by atomic mass is 35.5. The average molecular weight is 528 g/mol. The number of benzene rings is 2. The molecule has 0 amide bonds. The first-order valence-corrected chi connectivity index (χ1v) is 12.8. The first-order valence-electron chi connectivity index (χ1n) is 11.9. The van der Waals surface area contributed by atoms with Crippen LogP contribution in [-0.4, -0.2) is 44.6 Å². The predicted octanol–water partition coefficient (Wildman–Crippen LogP) is 4.10. The van der Waals surface area contributed by atoms with Crippen LogP contribution < -0.4 is 32.1 Å². The Kier molecular flexibility index (Phi) is 8.28. The van der Waals surface area contributed by atoms with Gasteiger partial charge in [-0.3, -0.25) is 0 Å². The Morgan fingerprint density at radius 1 is 0.722 bits per heavy atom. The Hall–Kier alpha value is -3.36. The van der Waals surface area contributed by atoms with Gasteiger partial charge in [-0.05, 0) is 60.9 Å². The molecule has 0 aromatic heterocycles. The van der Waals surface area contributed by atoms with E-state index in [-0.39, 0.29) is 23.1 Å². The minimum atomic E-state index is -0.318. The van der Waals surface area contributed by atoms with Crippen LogP contribution in [0.4, 0.5) is 22.7 Å². The molecule has 2 aromatic carbocycles. The molecule has 6 N–H and O–H groups in total. The van der Waals surface area contributed by atoms with Crippen molar-refractivity contribution >= 4 is 57.6 Å². The first-order chi connectivity index (χ1) is 17.3. The van der Waals surface area contributed by atoms with Crippen molar-refractivity contribution in [1.82, 2.24) is 19.8 Å². The van der Waals surface area contributed by atoms with E-state index in [9.17, 15) is 0 Å². The molecule has 4 rings (SSSR count). The molecule has 0 saturated heterocycles. The van der Waals surface area contributed by atoms with Crippen molar-refractivity contribution in [3.8, 4) is 0 Å². The number of halogens is 2. The van der Waals surface area contributed by atoms with Crippen LogP contribution in [0.2, 0.25) is 0 Å². The molecule has 10 heteroatoms. The van der Waals surface area contributed by atoms with Gasteiger partial charge >= 0.3 is 11.7 Å². The van der Waals surface area contributed by atoms with Gasteiger partial charge in [0.1, 0.15) is 23.2 Å². The summed E-state index contributed by atoms with van der Waals surface area (Å²) in [4.78, 5) is 13.1. The number of nitrogens with one attached hydrogen (secondary N) is 2. The summed E-state index contributed by atoms with van der Waals surface area (Å²) in [5.41, 5.74) is 15.3. The van der Waals surface area contributed by atoms with Gasteiger partial charge in [-0.2, -0.15) is 0 Å². The quantitative estimate of drug-likeness (QED) is 0.259. The maximum Gasteiger partial charge on any atom is 0.318 e. The summed E-state index contributed by atoms with van der Waals surface area (Å²) in [6.45, 7) is 4.08. The number of hydrogen-bond donors (Lipinski definition) is 4. The highest BCUT2D eigenvalue weighted by Crippen LogP contribution is 2.24. The van der Waals surface area contributed by atoms with Gasteiger partial charge in [-0.1, -0.05) is 24.3 Å². The average Bonchev–Trinajstić information content (AvgIpc) is 3.55. The molecule has 2 aliphatic heterocycles. The van der Waals surface area contributed by atoms with Crippen molar-refractivity contribution in [3.05, 3.63) is 73.3 Å². The maximum atomic E-state index is 6.82. The number of aliphatic imine (C=N–C) groups is 2. The van der Waals surface area contributed by atoms with E-state index < -0.39 is 0 Å². The summed E-state index contributed by atoms with van der Waals surface area (Å²) in [6.07, 6.45) is 8.42. The molecule has 4 atom stereocenters. The Labute approximate surface area is 222 Å². The van der Waals surface area contributed by atoms with E-state index in [4.69, 9.17) is 34.7 Å². The Bertz CT molecular complexity index is 1090. The minimum absolute atomic E-state index is 0.0866. The van der Waals surface area contributed by atoms with Gasteiger partial charge in [-0.25, -0.2) is 9.80 Å². The van der Waals surface area contributed by atoms with Crippen LogP contribution in [0.15, 0.2) is 73.3 Å². The molecule has 36 heavy (non-hydrogen) atoms. The number of hydrogen-bond acceptors (Lipinski definition) is 8. The van der Waals surface area contributed by atoms with Crippen molar-refractivity contribution in [2.75, 3.05) is 22.1 Å². The van der Waals surface area contributed by atoms with Crippen molar-refractivity contribution in [1.29, 1.82) is 0 Å². The molecular weight excluding hydrogens is 495 g/mol. The number of para-hydroxylation sites is 4. The molecule has 8 nitrogen and oxygen atoms in total. The third-order valence-corrected chi connectivity index (χ3v) is 6.94. The van der Waals surface area contributed by atoms with E-state index in [2.05, 4.69) is 20.6 Å². The lowest BCUT2D eigenvalue weighted by Crippen LogP contribution is -2.44. The molecule has 2 radical (unpaired) electrons. The van der Waals surface area contributed by atoms with Gasteiger partial charge in [0.15, 0.2) is 24.7 Å². The van der Waals surface area contributed by atoms with Crippen LogP contribution >= 0.6 is 23.2 Å². The lowest BCUT2D eigenvalue weighted by molar-refractivity contribution is 0.460. The van der Waals surface area contributed by atoms with E-state index in [0.717, 1.165) is 23.0 Å². The van der Waals surface area contributed by atoms with E-state index in [1.165, 1.54) is 0 Å². The fourth-order valence-corrected chi connectivity index (χ4v) is 4.78. The highest BCUT2D eigenvalue weighted by molar-refractivity contribution is 6.33. The maximum absolute atomic E-state index is 6.82. The summed E-state index contributed by atoms with van der Waals surface area (Å²) in [5, 5.41) is 6.21. The molecule has 2 aromatic rings. The SMILES string of the molecule is CC(Nc1ccccc1N)N1C=C[N+]=C1C(Cl)CCC(Cl)C1=[N+]C=CN1C(C)Nc1ccccc1N. The number of rotatable bonds is 11. The highest BCUT2D eigenvalue weighted by Gasteiger charge is 2.38. The van der Waals surface area contributed by atoms with Gasteiger partial charge in [0.05, 0.1) is 22.7 Å². The molecule has 0 saturated carbocycles. The molecule has 0 aliphatic carbocycles. The Morgan fingerprint density at radius 3 is 1.50 bits per heavy atom. The van der Waals surface area contributed by atoms with Crippen molar-refractivity contribution in [2.24, 2.45) is 0 Å². The van der Waals surface area contributed by atoms with E-state index in [1.807, 2.05) is 84.6 Å². The number of alkyl halides is 2. The largest absolute Gasteiger partial charge is 0.397 e. The summed E-state index contributed by atoms with van der Waals surface area (Å²) in [7, 11) is 0. The van der Waals surface area contributed by atoms with Crippen molar-refractivity contribution in [3.63, 3.8) is 0 Å². The first kappa shape index (κ1) is 25.7. The number of nitrogen functional groups attached to an aromatic ring is 2. The van der Waals surface area contributed by atoms with E-state index in [1.54, 1.807) is 12.4 Å². The summed E-state index contributed by atoms with van der Waals surface area (Å²) >= 11 is 13.6. The van der Waals surface area contributed by atoms with E-state index >= 15 is 0 Å². The fraction of sp³-hybridized carbons (Fsp3) is 0.308. The van der Waals surface area contributed by atoms with Crippen LogP contribution in [0, 0.1) is 0 Å². The molecule has 0 spiro atoms. The van der Waals surface area contributed by atoms with Crippen molar-refractivity contribution in [2.45, 2.75) is 49.8 Å². The third-order valence-electron chi connectivity index (χ3n) is 6.12. The van der Waals surface area contributed by atoms with Crippen LogP contribution in [0.3, 0.4) is 0 Å². The smallest absolute Gasteiger partial charge is 0.318 e. The van der Waals surface area contributed by atoms with Gasteiger partial charge in [0, 0.05) is 0 Å². The van der Waals surface area contributed by atoms with Gasteiger partial charge < -0.3 is 22.1 Å². The zero-order chi connectivity index (χ0) is 25.7. The molecule has 2 aliphatic rings. The lowest BCUT2D eigenvalue weighted by atomic mass is 10.1. The zero-order valence-corrected chi connectivity index (χ0v) is 21.9. The monoisotopic (exact) mass is 526 g/mol. The number of nitrogens with two attached hydrogens (primary N) is 2. The van der Waals surface area contributed by atoms with Gasteiger partial charge in [-0.15, -0.1) is 23.2 Å². The van der Waals surface area contributed by atoms with Gasteiger partial charge in [0.2, 0.25) is 0 Å². The molecule has 0 fully saturated rings. The lowest BCUT2D eigenvalue weighted by Gasteiger charge is -2.24. The molecule has 2 heterocycles. The van der Waals surface area contributed by atoms with Crippen LogP contribution in [0.5, 0.6) is 0 Å². The summed E-state index contributed by atoms with van der Waals surface area (Å²) < 4.78 is 0. The standard InChI is InChI=1S/C26H32Cl2N8/c1-17(33-23-9-5-3-7-21(23)29)35-15-13-31-25(35)19(27)11-12-20(28)26-32-14-16-36(26)18(2)34-24-10-6-4-8-22(24)30/h3-10,13-20,33-34H,11-12,29-30H2,1-2H3/q+2. The number of amidine groups is 2. The predicted molar refractivity (Wildman–Crippen MR) is 153 cm³/mol. The minimum Gasteiger partial charge on any atom is -0.397 e. The summed E-state index contributed by atoms with van der Waals surface area (Å²) in [5.74, 6) is 1.54. The van der Waals surface area contributed by atoms with Crippen molar-refractivity contribution < 1.29 is 0 Å². The topological polar surface area (TPSA) is 111 Å². The summed E-state index contributed by atoms with van der Waals surface area (Å²) in [6, 6.07) is 15.3. The van der Waals surface area contributed by atoms with Crippen LogP contribution in [0.25, 0.3) is 0 Å². The third kappa shape index (κ3) is 5.88. The molecular formula is C26H32Cl2N8+2. The second-order valence-corrected chi connectivity index (χ2v) is 9.77. The van der Waals surface area contributed by atoms with Crippen LogP contribution in [0.1, 0.15) is 26.7 Å². The van der Waals surface area contributed by atoms with Crippen LogP contribution in [-0.2, 0) is 0 Å². The van der Waals surface area contributed by atoms with Gasteiger partial charge in [0.25, 0.3) is 0 Å². The van der Waals surface area contributed by atoms with E-state index in [0.29, 0.717) is 24.2 Å².